The molecule has 0 saturated heterocycles. The quantitative estimate of drug-likeness (QED) is 0.406. The molecule has 0 unspecified atom stereocenters. The molecule has 9 nitrogen and oxygen atoms in total. The van der Waals surface area contributed by atoms with Crippen LogP contribution in [0.3, 0.4) is 0 Å². The van der Waals surface area contributed by atoms with E-state index < -0.39 is 10.8 Å². The van der Waals surface area contributed by atoms with Crippen LogP contribution in [0.15, 0.2) is 77.6 Å². The Kier molecular flexibility index (Phi) is 4.77. The molecule has 1 N–H and O–H groups in total. The minimum absolute atomic E-state index is 0.0873. The Bertz CT molecular complexity index is 1170. The zero-order valence-electron chi connectivity index (χ0n) is 14.9. The van der Waals surface area contributed by atoms with Crippen molar-refractivity contribution in [3.8, 4) is 22.8 Å². The predicted molar refractivity (Wildman–Crippen MR) is 104 cm³/mol. The van der Waals surface area contributed by atoms with E-state index in [1.54, 1.807) is 42.7 Å². The van der Waals surface area contributed by atoms with Gasteiger partial charge in [-0.2, -0.15) is 4.98 Å². The van der Waals surface area contributed by atoms with E-state index in [1.165, 1.54) is 24.3 Å². The summed E-state index contributed by atoms with van der Waals surface area (Å²) >= 11 is 0. The summed E-state index contributed by atoms with van der Waals surface area (Å²) in [5, 5.41) is 17.5. The van der Waals surface area contributed by atoms with Crippen molar-refractivity contribution in [2.75, 3.05) is 5.32 Å². The first kappa shape index (κ1) is 18.0. The molecule has 142 valence electrons. The number of hydrogen-bond donors (Lipinski definition) is 1. The van der Waals surface area contributed by atoms with Crippen molar-refractivity contribution in [2.24, 2.45) is 0 Å². The van der Waals surface area contributed by atoms with Crippen molar-refractivity contribution in [1.82, 2.24) is 15.1 Å². The lowest BCUT2D eigenvalue weighted by Crippen LogP contribution is -2.12. The molecular weight excluding hydrogens is 374 g/mol. The van der Waals surface area contributed by atoms with Gasteiger partial charge in [-0.3, -0.25) is 19.9 Å². The summed E-state index contributed by atoms with van der Waals surface area (Å²) in [5.41, 5.74) is 1.92. The molecule has 2 heterocycles. The van der Waals surface area contributed by atoms with Gasteiger partial charge in [0, 0.05) is 35.7 Å². The van der Waals surface area contributed by atoms with Gasteiger partial charge < -0.3 is 9.84 Å². The minimum atomic E-state index is -0.521. The fourth-order valence-electron chi connectivity index (χ4n) is 2.65. The number of nitro benzene ring substituents is 1. The fourth-order valence-corrected chi connectivity index (χ4v) is 2.65. The van der Waals surface area contributed by atoms with Crippen LogP contribution in [0.25, 0.3) is 22.8 Å². The zero-order valence-corrected chi connectivity index (χ0v) is 14.9. The van der Waals surface area contributed by atoms with Gasteiger partial charge in [0.05, 0.1) is 16.2 Å². The second kappa shape index (κ2) is 7.69. The third-order valence-electron chi connectivity index (χ3n) is 4.09. The molecule has 9 heteroatoms. The third kappa shape index (κ3) is 3.83. The molecule has 0 aliphatic carbocycles. The van der Waals surface area contributed by atoms with E-state index in [1.807, 2.05) is 6.07 Å². The fraction of sp³-hybridized carbons (Fsp3) is 0. The standard InChI is InChI=1S/C20H13N5O4/c26-19(13-7-9-15(10-8-13)25(27)28)22-17-6-2-1-5-16(17)20-23-18(24-29-20)14-4-3-11-21-12-14/h1-12H,(H,22,26). The Hall–Kier alpha value is -4.40. The number of nitrogens with one attached hydrogen (secondary N) is 1. The number of carbonyl (C=O) groups is 1. The number of carbonyl (C=O) groups excluding carboxylic acids is 1. The lowest BCUT2D eigenvalue weighted by molar-refractivity contribution is -0.384. The molecule has 0 spiro atoms. The largest absolute Gasteiger partial charge is 0.334 e. The molecule has 2 aromatic heterocycles. The van der Waals surface area contributed by atoms with E-state index in [9.17, 15) is 14.9 Å². The van der Waals surface area contributed by atoms with Crippen LogP contribution in [0.1, 0.15) is 10.4 Å². The highest BCUT2D eigenvalue weighted by molar-refractivity contribution is 6.06. The van der Waals surface area contributed by atoms with Crippen molar-refractivity contribution in [1.29, 1.82) is 0 Å². The summed E-state index contributed by atoms with van der Waals surface area (Å²) in [6.07, 6.45) is 3.27. The number of hydrogen-bond acceptors (Lipinski definition) is 7. The Morgan fingerprint density at radius 1 is 1.03 bits per heavy atom. The molecular formula is C20H13N5O4. The number of nitro groups is 1. The Labute approximate surface area is 164 Å². The number of benzene rings is 2. The first-order chi connectivity index (χ1) is 14.1. The molecule has 1 amide bonds. The van der Waals surface area contributed by atoms with Crippen LogP contribution in [0.4, 0.5) is 11.4 Å². The van der Waals surface area contributed by atoms with Crippen molar-refractivity contribution < 1.29 is 14.2 Å². The van der Waals surface area contributed by atoms with Crippen molar-refractivity contribution in [2.45, 2.75) is 0 Å². The van der Waals surface area contributed by atoms with E-state index in [-0.39, 0.29) is 17.1 Å². The molecule has 4 aromatic rings. The molecule has 0 fully saturated rings. The first-order valence-electron chi connectivity index (χ1n) is 8.51. The van der Waals surface area contributed by atoms with Gasteiger partial charge >= 0.3 is 0 Å². The average molecular weight is 387 g/mol. The minimum Gasteiger partial charge on any atom is -0.334 e. The molecule has 4 rings (SSSR count). The van der Waals surface area contributed by atoms with E-state index in [2.05, 4.69) is 20.4 Å². The van der Waals surface area contributed by atoms with E-state index in [4.69, 9.17) is 4.52 Å². The first-order valence-corrected chi connectivity index (χ1v) is 8.51. The molecule has 0 aliphatic heterocycles. The van der Waals surface area contributed by atoms with Crippen molar-refractivity contribution in [3.63, 3.8) is 0 Å². The van der Waals surface area contributed by atoms with Crippen LogP contribution < -0.4 is 5.32 Å². The number of non-ortho nitro benzene ring substituents is 1. The van der Waals surface area contributed by atoms with Crippen molar-refractivity contribution >= 4 is 17.3 Å². The Morgan fingerprint density at radius 3 is 2.55 bits per heavy atom. The number of amides is 1. The second-order valence-corrected chi connectivity index (χ2v) is 5.97. The third-order valence-corrected chi connectivity index (χ3v) is 4.09. The van der Waals surface area contributed by atoms with Crippen LogP contribution in [0.2, 0.25) is 0 Å². The van der Waals surface area contributed by atoms with Gasteiger partial charge in [-0.05, 0) is 36.4 Å². The molecule has 29 heavy (non-hydrogen) atoms. The normalized spacial score (nSPS) is 10.5. The number of nitrogens with zero attached hydrogens (tertiary/aromatic N) is 4. The molecule has 0 bridgehead atoms. The summed E-state index contributed by atoms with van der Waals surface area (Å²) in [5.74, 6) is 0.201. The van der Waals surface area contributed by atoms with Gasteiger partial charge in [0.25, 0.3) is 17.5 Å². The summed E-state index contributed by atoms with van der Waals surface area (Å²) in [4.78, 5) is 31.2. The smallest absolute Gasteiger partial charge is 0.269 e. The van der Waals surface area contributed by atoms with Crippen molar-refractivity contribution in [3.05, 3.63) is 88.7 Å². The monoisotopic (exact) mass is 387 g/mol. The molecule has 0 aliphatic rings. The summed E-state index contributed by atoms with van der Waals surface area (Å²) in [7, 11) is 0. The zero-order chi connectivity index (χ0) is 20.2. The maximum Gasteiger partial charge on any atom is 0.269 e. The Morgan fingerprint density at radius 2 is 1.83 bits per heavy atom. The van der Waals surface area contributed by atoms with E-state index >= 15 is 0 Å². The second-order valence-electron chi connectivity index (χ2n) is 5.97. The van der Waals surface area contributed by atoms with E-state index in [0.717, 1.165) is 0 Å². The number of rotatable bonds is 5. The topological polar surface area (TPSA) is 124 Å². The van der Waals surface area contributed by atoms with Gasteiger partial charge in [-0.15, -0.1) is 0 Å². The van der Waals surface area contributed by atoms with Gasteiger partial charge in [0.15, 0.2) is 0 Å². The number of anilines is 1. The molecule has 0 radical (unpaired) electrons. The number of pyridine rings is 1. The SMILES string of the molecule is O=C(Nc1ccccc1-c1nc(-c2cccnc2)no1)c1ccc([N+](=O)[O-])cc1. The lowest BCUT2D eigenvalue weighted by atomic mass is 10.1. The predicted octanol–water partition coefficient (Wildman–Crippen LogP) is 3.96. The number of aromatic nitrogens is 3. The highest BCUT2D eigenvalue weighted by Gasteiger charge is 2.16. The maximum absolute atomic E-state index is 12.5. The van der Waals surface area contributed by atoms with Crippen LogP contribution >= 0.6 is 0 Å². The number of para-hydroxylation sites is 1. The Balaban J connectivity index is 1.60. The van der Waals surface area contributed by atoms with Gasteiger partial charge in [-0.1, -0.05) is 17.3 Å². The van der Waals surface area contributed by atoms with Gasteiger partial charge in [-0.25, -0.2) is 0 Å². The summed E-state index contributed by atoms with van der Waals surface area (Å²) < 4.78 is 5.36. The van der Waals surface area contributed by atoms with Crippen LogP contribution in [-0.4, -0.2) is 26.0 Å². The van der Waals surface area contributed by atoms with Crippen LogP contribution in [0.5, 0.6) is 0 Å². The lowest BCUT2D eigenvalue weighted by Gasteiger charge is -2.08. The molecule has 2 aromatic carbocycles. The average Bonchev–Trinajstić information content (AvgIpc) is 3.25. The summed E-state index contributed by atoms with van der Waals surface area (Å²) in [6, 6.07) is 15.9. The molecule has 0 atom stereocenters. The van der Waals surface area contributed by atoms with E-state index in [0.29, 0.717) is 22.6 Å². The highest BCUT2D eigenvalue weighted by atomic mass is 16.6. The van der Waals surface area contributed by atoms with Crippen LogP contribution in [-0.2, 0) is 0 Å². The summed E-state index contributed by atoms with van der Waals surface area (Å²) in [6.45, 7) is 0. The van der Waals surface area contributed by atoms with Gasteiger partial charge in [0.2, 0.25) is 5.82 Å². The molecule has 0 saturated carbocycles. The highest BCUT2D eigenvalue weighted by Crippen LogP contribution is 2.28. The van der Waals surface area contributed by atoms with Crippen LogP contribution in [0, 0.1) is 10.1 Å². The van der Waals surface area contributed by atoms with Gasteiger partial charge in [0.1, 0.15) is 0 Å². The maximum atomic E-state index is 12.5.